The molecule has 1 aromatic rings. The molecule has 0 aliphatic heterocycles. The number of nitrogen functional groups attached to an aromatic ring is 1. The van der Waals surface area contributed by atoms with E-state index in [0.29, 0.717) is 12.8 Å². The van der Waals surface area contributed by atoms with Crippen LogP contribution in [0.25, 0.3) is 0 Å². The van der Waals surface area contributed by atoms with Crippen LogP contribution in [0.3, 0.4) is 0 Å². The average Bonchev–Trinajstić information content (AvgIpc) is 2.42. The summed E-state index contributed by atoms with van der Waals surface area (Å²) < 4.78 is 13.3. The second kappa shape index (κ2) is 5.90. The fourth-order valence-corrected chi connectivity index (χ4v) is 2.52. The molecule has 0 radical (unpaired) electrons. The highest BCUT2D eigenvalue weighted by Gasteiger charge is 2.32. The number of halogens is 1. The number of carbonyl (C=O) groups excluding carboxylic acids is 1. The monoisotopic (exact) mass is 280 g/mol. The van der Waals surface area contributed by atoms with Gasteiger partial charge in [-0.2, -0.15) is 0 Å². The number of carboxylic acids is 1. The number of benzene rings is 1. The van der Waals surface area contributed by atoms with Gasteiger partial charge in [0, 0.05) is 11.6 Å². The summed E-state index contributed by atoms with van der Waals surface area (Å²) in [6.07, 6.45) is 2.90. The summed E-state index contributed by atoms with van der Waals surface area (Å²) in [4.78, 5) is 23.2. The third-order valence-corrected chi connectivity index (χ3v) is 3.66. The molecule has 1 fully saturated rings. The highest BCUT2D eigenvalue weighted by atomic mass is 19.1. The molecular weight excluding hydrogens is 263 g/mol. The van der Waals surface area contributed by atoms with E-state index in [1.54, 1.807) is 0 Å². The molecule has 20 heavy (non-hydrogen) atoms. The minimum Gasteiger partial charge on any atom is -0.481 e. The van der Waals surface area contributed by atoms with Gasteiger partial charge in [-0.05, 0) is 31.0 Å². The first-order valence-corrected chi connectivity index (χ1v) is 6.57. The van der Waals surface area contributed by atoms with Crippen molar-refractivity contribution in [3.8, 4) is 0 Å². The maximum Gasteiger partial charge on any atom is 0.308 e. The van der Waals surface area contributed by atoms with Crippen LogP contribution in [-0.4, -0.2) is 23.0 Å². The maximum atomic E-state index is 13.3. The van der Waals surface area contributed by atoms with Crippen LogP contribution in [0.4, 0.5) is 10.1 Å². The number of hydrogen-bond donors (Lipinski definition) is 3. The van der Waals surface area contributed by atoms with Gasteiger partial charge in [0.05, 0.1) is 11.6 Å². The fourth-order valence-electron chi connectivity index (χ4n) is 2.52. The average molecular weight is 280 g/mol. The Labute approximate surface area is 116 Å². The Kier molecular flexibility index (Phi) is 4.22. The second-order valence-electron chi connectivity index (χ2n) is 5.05. The quantitative estimate of drug-likeness (QED) is 0.736. The zero-order chi connectivity index (χ0) is 14.7. The molecule has 2 unspecified atom stereocenters. The lowest BCUT2D eigenvalue weighted by Gasteiger charge is -2.29. The van der Waals surface area contributed by atoms with Gasteiger partial charge in [0.2, 0.25) is 0 Å². The molecule has 1 saturated carbocycles. The maximum absolute atomic E-state index is 13.3. The molecule has 6 heteroatoms. The molecule has 108 valence electrons. The standard InChI is InChI=1S/C14H17FN2O3/c15-10-7-8(5-6-11(10)16)13(18)17-12-4-2-1-3-9(12)14(19)20/h5-7,9,12H,1-4,16H2,(H,17,18)(H,19,20). The van der Waals surface area contributed by atoms with Gasteiger partial charge in [0.1, 0.15) is 5.82 Å². The van der Waals surface area contributed by atoms with E-state index < -0.39 is 29.7 Å². The predicted octanol–water partition coefficient (Wildman–Crippen LogP) is 1.78. The summed E-state index contributed by atoms with van der Waals surface area (Å²) in [5.74, 6) is -2.61. The molecule has 2 rings (SSSR count). The number of carboxylic acid groups (broad SMARTS) is 1. The Balaban J connectivity index is 2.09. The molecular formula is C14H17FN2O3. The number of carbonyl (C=O) groups is 2. The van der Waals surface area contributed by atoms with Gasteiger partial charge >= 0.3 is 5.97 Å². The second-order valence-corrected chi connectivity index (χ2v) is 5.05. The van der Waals surface area contributed by atoms with E-state index in [1.165, 1.54) is 12.1 Å². The van der Waals surface area contributed by atoms with E-state index in [9.17, 15) is 14.0 Å². The molecule has 0 bridgehead atoms. The molecule has 5 nitrogen and oxygen atoms in total. The zero-order valence-corrected chi connectivity index (χ0v) is 10.9. The first-order valence-electron chi connectivity index (χ1n) is 6.57. The minimum absolute atomic E-state index is 0.0253. The summed E-state index contributed by atoms with van der Waals surface area (Å²) >= 11 is 0. The van der Waals surface area contributed by atoms with Crippen LogP contribution in [0.15, 0.2) is 18.2 Å². The minimum atomic E-state index is -0.904. The van der Waals surface area contributed by atoms with Gasteiger partial charge in [0.25, 0.3) is 5.91 Å². The molecule has 2 atom stereocenters. The summed E-state index contributed by atoms with van der Waals surface area (Å²) in [7, 11) is 0. The number of aliphatic carboxylic acids is 1. The molecule has 0 aromatic heterocycles. The first-order chi connectivity index (χ1) is 9.49. The molecule has 0 spiro atoms. The van der Waals surface area contributed by atoms with Crippen LogP contribution >= 0.6 is 0 Å². The third kappa shape index (κ3) is 3.07. The van der Waals surface area contributed by atoms with Crippen molar-refractivity contribution in [2.75, 3.05) is 5.73 Å². The van der Waals surface area contributed by atoms with Gasteiger partial charge in [-0.1, -0.05) is 12.8 Å². The van der Waals surface area contributed by atoms with Crippen LogP contribution in [0.1, 0.15) is 36.0 Å². The van der Waals surface area contributed by atoms with Crippen molar-refractivity contribution in [3.05, 3.63) is 29.6 Å². The summed E-state index contributed by atoms with van der Waals surface area (Å²) in [6.45, 7) is 0. The van der Waals surface area contributed by atoms with Gasteiger partial charge in [-0.15, -0.1) is 0 Å². The van der Waals surface area contributed by atoms with Crippen LogP contribution < -0.4 is 11.1 Å². The number of amides is 1. The van der Waals surface area contributed by atoms with Crippen molar-refractivity contribution in [2.24, 2.45) is 5.92 Å². The van der Waals surface area contributed by atoms with Gasteiger partial charge in [-0.25, -0.2) is 4.39 Å². The van der Waals surface area contributed by atoms with E-state index in [0.717, 1.165) is 18.9 Å². The van der Waals surface area contributed by atoms with Gasteiger partial charge in [-0.3, -0.25) is 9.59 Å². The lowest BCUT2D eigenvalue weighted by molar-refractivity contribution is -0.143. The van der Waals surface area contributed by atoms with E-state index >= 15 is 0 Å². The first kappa shape index (κ1) is 14.3. The smallest absolute Gasteiger partial charge is 0.308 e. The number of nitrogens with two attached hydrogens (primary N) is 1. The highest BCUT2D eigenvalue weighted by molar-refractivity contribution is 5.95. The Hall–Kier alpha value is -2.11. The van der Waals surface area contributed by atoms with Gasteiger partial charge in [0.15, 0.2) is 0 Å². The Bertz CT molecular complexity index is 533. The molecule has 1 aliphatic carbocycles. The fraction of sp³-hybridized carbons (Fsp3) is 0.429. The van der Waals surface area contributed by atoms with Crippen molar-refractivity contribution in [1.29, 1.82) is 0 Å². The van der Waals surface area contributed by atoms with Crippen LogP contribution in [-0.2, 0) is 4.79 Å². The molecule has 1 aliphatic rings. The Morgan fingerprint density at radius 1 is 1.30 bits per heavy atom. The van der Waals surface area contributed by atoms with E-state index in [-0.39, 0.29) is 11.3 Å². The number of rotatable bonds is 3. The summed E-state index contributed by atoms with van der Waals surface area (Å²) in [6, 6.07) is 3.39. The van der Waals surface area contributed by atoms with Crippen LogP contribution in [0, 0.1) is 11.7 Å². The molecule has 4 N–H and O–H groups in total. The van der Waals surface area contributed by atoms with Crippen LogP contribution in [0.5, 0.6) is 0 Å². The van der Waals surface area contributed by atoms with E-state index in [4.69, 9.17) is 10.8 Å². The lowest BCUT2D eigenvalue weighted by atomic mass is 9.84. The Morgan fingerprint density at radius 3 is 2.65 bits per heavy atom. The van der Waals surface area contributed by atoms with Crippen molar-refractivity contribution in [2.45, 2.75) is 31.7 Å². The number of nitrogens with one attached hydrogen (secondary N) is 1. The van der Waals surface area contributed by atoms with E-state index in [1.807, 2.05) is 0 Å². The lowest BCUT2D eigenvalue weighted by Crippen LogP contribution is -2.45. The molecule has 1 amide bonds. The molecule has 1 aromatic carbocycles. The zero-order valence-electron chi connectivity index (χ0n) is 10.9. The van der Waals surface area contributed by atoms with Gasteiger partial charge < -0.3 is 16.2 Å². The molecule has 0 saturated heterocycles. The van der Waals surface area contributed by atoms with Crippen molar-refractivity contribution < 1.29 is 19.1 Å². The predicted molar refractivity (Wildman–Crippen MR) is 71.7 cm³/mol. The van der Waals surface area contributed by atoms with Crippen molar-refractivity contribution in [3.63, 3.8) is 0 Å². The molecule has 0 heterocycles. The SMILES string of the molecule is Nc1ccc(C(=O)NC2CCCCC2C(=O)O)cc1F. The summed E-state index contributed by atoms with van der Waals surface area (Å²) in [5, 5.41) is 11.8. The largest absolute Gasteiger partial charge is 0.481 e. The van der Waals surface area contributed by atoms with Crippen molar-refractivity contribution in [1.82, 2.24) is 5.32 Å². The van der Waals surface area contributed by atoms with Crippen molar-refractivity contribution >= 4 is 17.6 Å². The summed E-state index contributed by atoms with van der Waals surface area (Å²) in [5.41, 5.74) is 5.47. The third-order valence-electron chi connectivity index (χ3n) is 3.66. The normalized spacial score (nSPS) is 22.2. The Morgan fingerprint density at radius 2 is 2.00 bits per heavy atom. The topological polar surface area (TPSA) is 92.4 Å². The van der Waals surface area contributed by atoms with E-state index in [2.05, 4.69) is 5.32 Å². The van der Waals surface area contributed by atoms with Crippen LogP contribution in [0.2, 0.25) is 0 Å². The highest BCUT2D eigenvalue weighted by Crippen LogP contribution is 2.25. The number of anilines is 1. The number of hydrogen-bond acceptors (Lipinski definition) is 3.